The maximum Gasteiger partial charge on any atom is 0.259 e. The van der Waals surface area contributed by atoms with Gasteiger partial charge in [0.15, 0.2) is 5.13 Å². The second-order valence-electron chi connectivity index (χ2n) is 4.06. The standard InChI is InChI=1S/C14H11N3OS/c1-17(13(18)10-6-8-15-9-7-10)14-16-11-4-2-3-5-12(11)19-14/h2-9H,1H3. The Morgan fingerprint density at radius 3 is 2.63 bits per heavy atom. The van der Waals surface area contributed by atoms with Crippen molar-refractivity contribution in [3.8, 4) is 0 Å². The van der Waals surface area contributed by atoms with Crippen LogP contribution in [0.2, 0.25) is 0 Å². The van der Waals surface area contributed by atoms with Crippen molar-refractivity contribution in [3.05, 3.63) is 54.4 Å². The molecular formula is C14H11N3OS. The minimum atomic E-state index is -0.0820. The van der Waals surface area contributed by atoms with E-state index in [1.165, 1.54) is 11.3 Å². The molecular weight excluding hydrogens is 258 g/mol. The summed E-state index contributed by atoms with van der Waals surface area (Å²) in [6.45, 7) is 0. The fraction of sp³-hybridized carbons (Fsp3) is 0.0714. The van der Waals surface area contributed by atoms with Crippen LogP contribution in [0.15, 0.2) is 48.8 Å². The first kappa shape index (κ1) is 11.8. The molecule has 19 heavy (non-hydrogen) atoms. The van der Waals surface area contributed by atoms with Gasteiger partial charge in [-0.3, -0.25) is 14.7 Å². The van der Waals surface area contributed by atoms with E-state index in [1.54, 1.807) is 36.5 Å². The lowest BCUT2D eigenvalue weighted by molar-refractivity contribution is 0.0993. The van der Waals surface area contributed by atoms with Gasteiger partial charge in [0, 0.05) is 25.0 Å². The van der Waals surface area contributed by atoms with Crippen molar-refractivity contribution in [2.75, 3.05) is 11.9 Å². The van der Waals surface area contributed by atoms with Gasteiger partial charge in [0.05, 0.1) is 10.2 Å². The molecule has 1 amide bonds. The number of carbonyl (C=O) groups excluding carboxylic acids is 1. The summed E-state index contributed by atoms with van der Waals surface area (Å²) in [6.07, 6.45) is 3.22. The number of para-hydroxylation sites is 1. The summed E-state index contributed by atoms with van der Waals surface area (Å²) in [6, 6.07) is 11.3. The predicted octanol–water partition coefficient (Wildman–Crippen LogP) is 2.97. The lowest BCUT2D eigenvalue weighted by atomic mass is 10.2. The van der Waals surface area contributed by atoms with Gasteiger partial charge in [-0.1, -0.05) is 23.5 Å². The van der Waals surface area contributed by atoms with Crippen LogP contribution in [0.4, 0.5) is 5.13 Å². The highest BCUT2D eigenvalue weighted by molar-refractivity contribution is 7.22. The molecule has 0 N–H and O–H groups in total. The SMILES string of the molecule is CN(C(=O)c1ccncc1)c1nc2ccccc2s1. The topological polar surface area (TPSA) is 46.1 Å². The number of amides is 1. The number of hydrogen-bond acceptors (Lipinski definition) is 4. The van der Waals surface area contributed by atoms with Crippen LogP contribution in [0, 0.1) is 0 Å². The highest BCUT2D eigenvalue weighted by atomic mass is 32.1. The van der Waals surface area contributed by atoms with Crippen LogP contribution in [0.25, 0.3) is 10.2 Å². The number of anilines is 1. The first-order valence-corrected chi connectivity index (χ1v) is 6.61. The lowest BCUT2D eigenvalue weighted by Crippen LogP contribution is -2.25. The highest BCUT2D eigenvalue weighted by Gasteiger charge is 2.16. The number of hydrogen-bond donors (Lipinski definition) is 0. The van der Waals surface area contributed by atoms with Crippen molar-refractivity contribution >= 4 is 32.6 Å². The molecule has 0 saturated carbocycles. The Kier molecular flexibility index (Phi) is 2.97. The van der Waals surface area contributed by atoms with Gasteiger partial charge in [-0.15, -0.1) is 0 Å². The van der Waals surface area contributed by atoms with Crippen LogP contribution in [0.5, 0.6) is 0 Å². The number of pyridine rings is 1. The lowest BCUT2D eigenvalue weighted by Gasteiger charge is -2.13. The number of aromatic nitrogens is 2. The maximum absolute atomic E-state index is 12.3. The third-order valence-corrected chi connectivity index (χ3v) is 3.91. The summed E-state index contributed by atoms with van der Waals surface area (Å²) in [4.78, 5) is 22.2. The zero-order valence-corrected chi connectivity index (χ0v) is 11.1. The van der Waals surface area contributed by atoms with Crippen molar-refractivity contribution < 1.29 is 4.79 Å². The summed E-state index contributed by atoms with van der Waals surface area (Å²) in [5, 5.41) is 0.697. The predicted molar refractivity (Wildman–Crippen MR) is 76.6 cm³/mol. The summed E-state index contributed by atoms with van der Waals surface area (Å²) < 4.78 is 1.08. The Morgan fingerprint density at radius 2 is 1.89 bits per heavy atom. The molecule has 0 aliphatic rings. The molecule has 0 unspecified atom stereocenters. The third kappa shape index (κ3) is 2.20. The second-order valence-corrected chi connectivity index (χ2v) is 5.07. The Hall–Kier alpha value is -2.27. The normalized spacial score (nSPS) is 10.6. The number of fused-ring (bicyclic) bond motifs is 1. The Labute approximate surface area is 114 Å². The molecule has 2 heterocycles. The smallest absolute Gasteiger partial charge is 0.259 e. The van der Waals surface area contributed by atoms with Gasteiger partial charge < -0.3 is 0 Å². The number of rotatable bonds is 2. The van der Waals surface area contributed by atoms with E-state index in [4.69, 9.17) is 0 Å². The highest BCUT2D eigenvalue weighted by Crippen LogP contribution is 2.28. The third-order valence-electron chi connectivity index (χ3n) is 2.80. The van der Waals surface area contributed by atoms with Gasteiger partial charge in [-0.25, -0.2) is 4.98 Å². The minimum Gasteiger partial charge on any atom is -0.287 e. The fourth-order valence-corrected chi connectivity index (χ4v) is 2.70. The quantitative estimate of drug-likeness (QED) is 0.718. The molecule has 0 aliphatic carbocycles. The van der Waals surface area contributed by atoms with Gasteiger partial charge in [0.2, 0.25) is 0 Å². The van der Waals surface area contributed by atoms with E-state index in [-0.39, 0.29) is 5.91 Å². The number of thiazole rings is 1. The maximum atomic E-state index is 12.3. The van der Waals surface area contributed by atoms with Crippen LogP contribution < -0.4 is 4.90 Å². The van der Waals surface area contributed by atoms with Gasteiger partial charge in [-0.05, 0) is 24.3 Å². The van der Waals surface area contributed by atoms with Crippen LogP contribution in [0.1, 0.15) is 10.4 Å². The van der Waals surface area contributed by atoms with Crippen molar-refractivity contribution in [2.45, 2.75) is 0 Å². The molecule has 3 rings (SSSR count). The van der Waals surface area contributed by atoms with E-state index < -0.39 is 0 Å². The molecule has 0 bridgehead atoms. The van der Waals surface area contributed by atoms with Crippen molar-refractivity contribution in [2.24, 2.45) is 0 Å². The van der Waals surface area contributed by atoms with Crippen LogP contribution >= 0.6 is 11.3 Å². The van der Waals surface area contributed by atoms with Crippen molar-refractivity contribution in [1.82, 2.24) is 9.97 Å². The molecule has 3 aromatic rings. The number of nitrogens with zero attached hydrogens (tertiary/aromatic N) is 3. The summed E-state index contributed by atoms with van der Waals surface area (Å²) in [7, 11) is 1.74. The van der Waals surface area contributed by atoms with E-state index >= 15 is 0 Å². The number of carbonyl (C=O) groups is 1. The first-order chi connectivity index (χ1) is 9.25. The monoisotopic (exact) mass is 269 g/mol. The summed E-state index contributed by atoms with van der Waals surface area (Å²) >= 11 is 1.51. The molecule has 0 saturated heterocycles. The molecule has 94 valence electrons. The molecule has 0 spiro atoms. The molecule has 2 aromatic heterocycles. The average Bonchev–Trinajstić information content (AvgIpc) is 2.90. The number of benzene rings is 1. The summed E-state index contributed by atoms with van der Waals surface area (Å²) in [5.41, 5.74) is 1.52. The van der Waals surface area contributed by atoms with Gasteiger partial charge in [-0.2, -0.15) is 0 Å². The van der Waals surface area contributed by atoms with Crippen LogP contribution in [-0.2, 0) is 0 Å². The summed E-state index contributed by atoms with van der Waals surface area (Å²) in [5.74, 6) is -0.0820. The second kappa shape index (κ2) is 4.78. The van der Waals surface area contributed by atoms with E-state index in [1.807, 2.05) is 24.3 Å². The zero-order chi connectivity index (χ0) is 13.2. The Morgan fingerprint density at radius 1 is 1.16 bits per heavy atom. The fourth-order valence-electron chi connectivity index (χ4n) is 1.78. The molecule has 4 nitrogen and oxygen atoms in total. The van der Waals surface area contributed by atoms with Gasteiger partial charge in [0.1, 0.15) is 0 Å². The van der Waals surface area contributed by atoms with Crippen molar-refractivity contribution in [3.63, 3.8) is 0 Å². The van der Waals surface area contributed by atoms with E-state index in [9.17, 15) is 4.79 Å². The zero-order valence-electron chi connectivity index (χ0n) is 10.3. The molecule has 0 aliphatic heterocycles. The molecule has 1 aromatic carbocycles. The molecule has 0 radical (unpaired) electrons. The van der Waals surface area contributed by atoms with E-state index in [0.717, 1.165) is 10.2 Å². The first-order valence-electron chi connectivity index (χ1n) is 5.79. The van der Waals surface area contributed by atoms with E-state index in [2.05, 4.69) is 9.97 Å². The van der Waals surface area contributed by atoms with Gasteiger partial charge >= 0.3 is 0 Å². The minimum absolute atomic E-state index is 0.0820. The van der Waals surface area contributed by atoms with Gasteiger partial charge in [0.25, 0.3) is 5.91 Å². The Bertz CT molecular complexity index is 691. The molecule has 0 fully saturated rings. The molecule has 5 heteroatoms. The van der Waals surface area contributed by atoms with E-state index in [0.29, 0.717) is 10.7 Å². The van der Waals surface area contributed by atoms with Crippen LogP contribution in [0.3, 0.4) is 0 Å². The largest absolute Gasteiger partial charge is 0.287 e. The Balaban J connectivity index is 1.95. The average molecular weight is 269 g/mol. The molecule has 0 atom stereocenters. The van der Waals surface area contributed by atoms with Crippen LogP contribution in [-0.4, -0.2) is 22.9 Å². The van der Waals surface area contributed by atoms with Crippen molar-refractivity contribution in [1.29, 1.82) is 0 Å².